The molecule has 1 aromatic carbocycles. The number of hydrogen-bond donors (Lipinski definition) is 3. The lowest BCUT2D eigenvalue weighted by molar-refractivity contribution is -0.322. The highest BCUT2D eigenvalue weighted by atomic mass is 16.7. The fourth-order valence-corrected chi connectivity index (χ4v) is 8.63. The van der Waals surface area contributed by atoms with E-state index in [0.717, 1.165) is 18.4 Å². The number of piperazine rings is 1. The number of likely N-dealkylation sites (tertiary alicyclic amines) is 1. The van der Waals surface area contributed by atoms with Gasteiger partial charge in [0.1, 0.15) is 12.1 Å². The van der Waals surface area contributed by atoms with Gasteiger partial charge in [-0.25, -0.2) is 0 Å². The summed E-state index contributed by atoms with van der Waals surface area (Å²) in [5.41, 5.74) is 1.93. The lowest BCUT2D eigenvalue weighted by Gasteiger charge is -2.49. The molecule has 3 amide bonds. The maximum absolute atomic E-state index is 14.4. The number of likely N-dealkylation sites (N-methyl/N-ethyl adjacent to an activating group) is 1. The Kier molecular flexibility index (Phi) is 6.32. The smallest absolute Gasteiger partial charge is 0.281 e. The number of aliphatic hydroxyl groups is 1. The van der Waals surface area contributed by atoms with Gasteiger partial charge in [0.25, 0.3) is 11.8 Å². The van der Waals surface area contributed by atoms with E-state index in [2.05, 4.69) is 46.6 Å². The molecule has 1 aromatic heterocycles. The molecule has 226 valence electrons. The normalized spacial score (nSPS) is 36.1. The van der Waals surface area contributed by atoms with Crippen LogP contribution in [0, 0.1) is 17.8 Å². The van der Waals surface area contributed by atoms with Crippen LogP contribution in [0.2, 0.25) is 0 Å². The van der Waals surface area contributed by atoms with Crippen molar-refractivity contribution in [2.45, 2.75) is 95.5 Å². The topological polar surface area (TPSA) is 118 Å². The van der Waals surface area contributed by atoms with Crippen LogP contribution >= 0.6 is 0 Å². The van der Waals surface area contributed by atoms with Gasteiger partial charge in [-0.3, -0.25) is 24.0 Å². The Morgan fingerprint density at radius 3 is 2.76 bits per heavy atom. The molecule has 0 radical (unpaired) electrons. The number of nitrogens with one attached hydrogen (secondary N) is 2. The summed E-state index contributed by atoms with van der Waals surface area (Å²) >= 11 is 0. The highest BCUT2D eigenvalue weighted by Gasteiger charge is 2.72. The Hall–Kier alpha value is -2.95. The zero-order chi connectivity index (χ0) is 29.7. The summed E-state index contributed by atoms with van der Waals surface area (Å²) in [5, 5.41) is 16.4. The quantitative estimate of drug-likeness (QED) is 0.503. The third-order valence-electron chi connectivity index (χ3n) is 10.7. The standard InChI is InChI=1S/C32H43N5O5/c1-17(2)12-25-29(39)36-11-7-10-26(36)32(41)37(25)30(40)31(42-32,18(3)4)34-28(38)20-13-22-21-8-6-9-23-27(21)19(15-33-23)14-24(22)35(5)16-20/h6,8-9,15,17-18,20,22,24-26,33,41H,7,10-14,16H2,1-5H3,(H,34,38)/t20-,22-,24-,25+,26-,31-,32+/m1/s1. The number of rotatable bonds is 5. The van der Waals surface area contributed by atoms with Gasteiger partial charge in [-0.2, -0.15) is 0 Å². The van der Waals surface area contributed by atoms with Gasteiger partial charge in [-0.05, 0) is 62.3 Å². The van der Waals surface area contributed by atoms with Gasteiger partial charge in [0.15, 0.2) is 0 Å². The van der Waals surface area contributed by atoms with Crippen molar-refractivity contribution in [2.75, 3.05) is 20.1 Å². The molecular formula is C32H43N5O5. The maximum atomic E-state index is 14.4. The molecule has 7 rings (SSSR count). The molecule has 3 N–H and O–H groups in total. The predicted octanol–water partition coefficient (Wildman–Crippen LogP) is 2.52. The lowest BCUT2D eigenvalue weighted by Crippen LogP contribution is -2.71. The van der Waals surface area contributed by atoms with Crippen LogP contribution in [0.5, 0.6) is 0 Å². The fourth-order valence-electron chi connectivity index (χ4n) is 8.63. The molecule has 42 heavy (non-hydrogen) atoms. The third-order valence-corrected chi connectivity index (χ3v) is 10.7. The van der Waals surface area contributed by atoms with Crippen molar-refractivity contribution in [3.05, 3.63) is 35.5 Å². The number of hydrogen-bond acceptors (Lipinski definition) is 6. The van der Waals surface area contributed by atoms with Crippen LogP contribution in [0.25, 0.3) is 10.9 Å². The number of amides is 3. The molecule has 4 aliphatic heterocycles. The molecule has 0 bridgehead atoms. The molecular weight excluding hydrogens is 534 g/mol. The Labute approximate surface area is 246 Å². The van der Waals surface area contributed by atoms with E-state index in [1.165, 1.54) is 21.4 Å². The summed E-state index contributed by atoms with van der Waals surface area (Å²) in [6, 6.07) is 5.13. The number of piperidine rings is 1. The number of ether oxygens (including phenoxy) is 1. The second kappa shape index (κ2) is 9.53. The van der Waals surface area contributed by atoms with Crippen molar-refractivity contribution in [1.29, 1.82) is 0 Å². The largest absolute Gasteiger partial charge is 0.361 e. The number of fused-ring (bicyclic) bond motifs is 5. The molecule has 2 aromatic rings. The Balaban J connectivity index is 1.20. The summed E-state index contributed by atoms with van der Waals surface area (Å²) in [6.45, 7) is 8.73. The predicted molar refractivity (Wildman–Crippen MR) is 156 cm³/mol. The Bertz CT molecular complexity index is 1450. The van der Waals surface area contributed by atoms with E-state index >= 15 is 0 Å². The number of benzene rings is 1. The number of aromatic nitrogens is 1. The van der Waals surface area contributed by atoms with Crippen LogP contribution in [0.1, 0.15) is 70.4 Å². The van der Waals surface area contributed by atoms with Crippen LogP contribution in [0.3, 0.4) is 0 Å². The van der Waals surface area contributed by atoms with E-state index in [4.69, 9.17) is 4.74 Å². The van der Waals surface area contributed by atoms with E-state index in [1.807, 2.05) is 27.7 Å². The zero-order valence-electron chi connectivity index (χ0n) is 25.2. The first-order valence-electron chi connectivity index (χ1n) is 15.6. The van der Waals surface area contributed by atoms with Crippen LogP contribution in [0.15, 0.2) is 24.4 Å². The molecule has 4 fully saturated rings. The van der Waals surface area contributed by atoms with Crippen LogP contribution < -0.4 is 5.32 Å². The van der Waals surface area contributed by atoms with Crippen molar-refractivity contribution < 1.29 is 24.2 Å². The first-order valence-corrected chi connectivity index (χ1v) is 15.6. The van der Waals surface area contributed by atoms with E-state index in [1.54, 1.807) is 4.90 Å². The third kappa shape index (κ3) is 3.77. The Morgan fingerprint density at radius 1 is 1.24 bits per heavy atom. The average Bonchev–Trinajstić information content (AvgIpc) is 3.65. The number of aromatic amines is 1. The van der Waals surface area contributed by atoms with Gasteiger partial charge in [-0.1, -0.05) is 39.8 Å². The summed E-state index contributed by atoms with van der Waals surface area (Å²) in [5.74, 6) is -3.48. The second-order valence-corrected chi connectivity index (χ2v) is 14.0. The number of carbonyl (C=O) groups is 3. The first-order chi connectivity index (χ1) is 20.0. The highest BCUT2D eigenvalue weighted by Crippen LogP contribution is 2.49. The maximum Gasteiger partial charge on any atom is 0.281 e. The summed E-state index contributed by atoms with van der Waals surface area (Å²) < 4.78 is 6.45. The average molecular weight is 578 g/mol. The van der Waals surface area contributed by atoms with Crippen molar-refractivity contribution in [1.82, 2.24) is 25.0 Å². The van der Waals surface area contributed by atoms with Crippen molar-refractivity contribution in [2.24, 2.45) is 17.8 Å². The van der Waals surface area contributed by atoms with E-state index in [0.29, 0.717) is 32.4 Å². The molecule has 0 saturated carbocycles. The summed E-state index contributed by atoms with van der Waals surface area (Å²) in [6.07, 6.45) is 5.36. The van der Waals surface area contributed by atoms with Gasteiger partial charge in [0, 0.05) is 48.1 Å². The minimum Gasteiger partial charge on any atom is -0.361 e. The molecule has 7 atom stereocenters. The number of carbonyl (C=O) groups excluding carboxylic acids is 3. The number of H-pyrrole nitrogens is 1. The molecule has 4 saturated heterocycles. The lowest BCUT2D eigenvalue weighted by atomic mass is 9.72. The summed E-state index contributed by atoms with van der Waals surface area (Å²) in [4.78, 5) is 50.8. The van der Waals surface area contributed by atoms with E-state index < -0.39 is 35.5 Å². The van der Waals surface area contributed by atoms with E-state index in [9.17, 15) is 19.5 Å². The van der Waals surface area contributed by atoms with Crippen LogP contribution in [0.4, 0.5) is 0 Å². The van der Waals surface area contributed by atoms with Gasteiger partial charge >= 0.3 is 0 Å². The monoisotopic (exact) mass is 577 g/mol. The van der Waals surface area contributed by atoms with Crippen LogP contribution in [-0.4, -0.2) is 92.4 Å². The van der Waals surface area contributed by atoms with Gasteiger partial charge in [0.2, 0.25) is 17.5 Å². The molecule has 10 nitrogen and oxygen atoms in total. The Morgan fingerprint density at radius 2 is 2.02 bits per heavy atom. The highest BCUT2D eigenvalue weighted by molar-refractivity contribution is 5.97. The molecule has 1 aliphatic carbocycles. The first kappa shape index (κ1) is 27.9. The minimum atomic E-state index is -1.99. The van der Waals surface area contributed by atoms with E-state index in [-0.39, 0.29) is 35.6 Å². The molecule has 0 unspecified atom stereocenters. The second-order valence-electron chi connectivity index (χ2n) is 14.0. The zero-order valence-corrected chi connectivity index (χ0v) is 25.2. The molecule has 5 aliphatic rings. The van der Waals surface area contributed by atoms with Crippen molar-refractivity contribution in [3.63, 3.8) is 0 Å². The molecule has 0 spiro atoms. The fraction of sp³-hybridized carbons (Fsp3) is 0.656. The van der Waals surface area contributed by atoms with Gasteiger partial charge < -0.3 is 25.2 Å². The van der Waals surface area contributed by atoms with Gasteiger partial charge in [-0.15, -0.1) is 0 Å². The van der Waals surface area contributed by atoms with Crippen LogP contribution in [-0.2, 0) is 25.5 Å². The molecule has 10 heteroatoms. The van der Waals surface area contributed by atoms with Crippen molar-refractivity contribution >= 4 is 28.6 Å². The SMILES string of the molecule is CC(C)C[C@H]1C(=O)N2CCC[C@@H]2[C@]2(O)O[C@](NC(=O)[C@@H]3C[C@@H]4c5cccc6[nH]cc(c56)C[C@H]4N(C)C3)(C(C)C)C(=O)N12. The minimum absolute atomic E-state index is 0.116. The molecule has 5 heterocycles. The number of nitrogens with zero attached hydrogens (tertiary/aromatic N) is 3. The summed E-state index contributed by atoms with van der Waals surface area (Å²) in [7, 11) is 2.07. The van der Waals surface area contributed by atoms with Crippen molar-refractivity contribution in [3.8, 4) is 0 Å². The van der Waals surface area contributed by atoms with Gasteiger partial charge in [0.05, 0.1) is 5.92 Å².